The van der Waals surface area contributed by atoms with Gasteiger partial charge in [0, 0.05) is 5.56 Å². The minimum Gasteiger partial charge on any atom is -0.478 e. The second-order valence-electron chi connectivity index (χ2n) is 4.55. The van der Waals surface area contributed by atoms with E-state index in [-0.39, 0.29) is 27.1 Å². The fourth-order valence-electron chi connectivity index (χ4n) is 1.71. The maximum absolute atomic E-state index is 12.0. The Labute approximate surface area is 139 Å². The Hall–Kier alpha value is -3.27. The standard InChI is InChI=1S/C14H12N4O5S/c1-6-9(12(22)23)24-14(16-6)18-13(15)17-10(19)7-2-4-8(5-3-7)11(20)21/h2-5H,1H3,(H,20,21)(H,22,23)(H3,15,16,17,18,19). The number of benzene rings is 1. The summed E-state index contributed by atoms with van der Waals surface area (Å²) < 4.78 is 0. The predicted molar refractivity (Wildman–Crippen MR) is 86.0 cm³/mol. The molecule has 0 aliphatic heterocycles. The second-order valence-corrected chi connectivity index (χ2v) is 5.53. The van der Waals surface area contributed by atoms with Crippen LogP contribution < -0.4 is 11.1 Å². The Morgan fingerprint density at radius 1 is 1.12 bits per heavy atom. The van der Waals surface area contributed by atoms with Crippen molar-refractivity contribution in [3.8, 4) is 0 Å². The van der Waals surface area contributed by atoms with Gasteiger partial charge in [0.15, 0.2) is 0 Å². The molecule has 1 aromatic carbocycles. The normalized spacial score (nSPS) is 11.1. The highest BCUT2D eigenvalue weighted by atomic mass is 32.1. The first-order valence-corrected chi connectivity index (χ1v) is 7.29. The van der Waals surface area contributed by atoms with E-state index < -0.39 is 17.8 Å². The zero-order valence-corrected chi connectivity index (χ0v) is 13.1. The molecule has 1 amide bonds. The van der Waals surface area contributed by atoms with E-state index in [1.165, 1.54) is 31.2 Å². The van der Waals surface area contributed by atoms with Crippen molar-refractivity contribution in [2.75, 3.05) is 0 Å². The number of amides is 1. The molecule has 124 valence electrons. The molecule has 0 saturated carbocycles. The second kappa shape index (κ2) is 6.87. The zero-order chi connectivity index (χ0) is 17.9. The Kier molecular flexibility index (Phi) is 4.90. The van der Waals surface area contributed by atoms with Crippen molar-refractivity contribution in [2.45, 2.75) is 6.92 Å². The van der Waals surface area contributed by atoms with Crippen molar-refractivity contribution in [3.63, 3.8) is 0 Å². The lowest BCUT2D eigenvalue weighted by Gasteiger charge is -2.04. The molecule has 24 heavy (non-hydrogen) atoms. The molecule has 5 N–H and O–H groups in total. The van der Waals surface area contributed by atoms with Crippen molar-refractivity contribution in [2.24, 2.45) is 10.7 Å². The van der Waals surface area contributed by atoms with Gasteiger partial charge in [0.1, 0.15) is 4.88 Å². The van der Waals surface area contributed by atoms with Crippen LogP contribution in [-0.4, -0.2) is 39.0 Å². The van der Waals surface area contributed by atoms with Gasteiger partial charge in [-0.2, -0.15) is 4.99 Å². The Morgan fingerprint density at radius 2 is 1.71 bits per heavy atom. The van der Waals surface area contributed by atoms with E-state index in [4.69, 9.17) is 15.9 Å². The largest absolute Gasteiger partial charge is 0.478 e. The summed E-state index contributed by atoms with van der Waals surface area (Å²) in [6.45, 7) is 1.53. The molecule has 0 atom stereocenters. The molecular formula is C14H12N4O5S. The van der Waals surface area contributed by atoms with E-state index in [9.17, 15) is 14.4 Å². The maximum Gasteiger partial charge on any atom is 0.347 e. The number of carboxylic acid groups (broad SMARTS) is 2. The summed E-state index contributed by atoms with van der Waals surface area (Å²) in [4.78, 5) is 41.5. The van der Waals surface area contributed by atoms with Crippen molar-refractivity contribution in [1.82, 2.24) is 10.3 Å². The molecule has 2 aromatic rings. The average molecular weight is 348 g/mol. The molecule has 0 aliphatic carbocycles. The predicted octanol–water partition coefficient (Wildman–Crippen LogP) is 1.22. The number of nitrogens with one attached hydrogen (secondary N) is 1. The van der Waals surface area contributed by atoms with Crippen molar-refractivity contribution in [1.29, 1.82) is 0 Å². The number of hydrogen-bond acceptors (Lipinski definition) is 6. The number of nitrogens with zero attached hydrogens (tertiary/aromatic N) is 2. The van der Waals surface area contributed by atoms with Gasteiger partial charge in [-0.05, 0) is 31.2 Å². The van der Waals surface area contributed by atoms with Gasteiger partial charge in [0.05, 0.1) is 11.3 Å². The van der Waals surface area contributed by atoms with Crippen molar-refractivity contribution in [3.05, 3.63) is 46.0 Å². The molecular weight excluding hydrogens is 336 g/mol. The SMILES string of the molecule is Cc1nc(/N=C(\N)NC(=O)c2ccc(C(=O)O)cc2)sc1C(=O)O. The summed E-state index contributed by atoms with van der Waals surface area (Å²) in [5.74, 6) is -3.06. The summed E-state index contributed by atoms with van der Waals surface area (Å²) in [7, 11) is 0. The summed E-state index contributed by atoms with van der Waals surface area (Å²) in [5.41, 5.74) is 6.14. The van der Waals surface area contributed by atoms with Crippen LogP contribution in [0.4, 0.5) is 5.13 Å². The fraction of sp³-hybridized carbons (Fsp3) is 0.0714. The maximum atomic E-state index is 12.0. The van der Waals surface area contributed by atoms with Crippen LogP contribution in [0.1, 0.15) is 36.1 Å². The number of aryl methyl sites for hydroxylation is 1. The number of aromatic carboxylic acids is 2. The molecule has 10 heteroatoms. The molecule has 0 unspecified atom stereocenters. The van der Waals surface area contributed by atoms with Crippen LogP contribution in [0.5, 0.6) is 0 Å². The van der Waals surface area contributed by atoms with Crippen LogP contribution in [-0.2, 0) is 0 Å². The number of nitrogens with two attached hydrogens (primary N) is 1. The van der Waals surface area contributed by atoms with Crippen LogP contribution in [0.15, 0.2) is 29.3 Å². The van der Waals surface area contributed by atoms with E-state index in [0.29, 0.717) is 5.69 Å². The lowest BCUT2D eigenvalue weighted by Crippen LogP contribution is -2.36. The summed E-state index contributed by atoms with van der Waals surface area (Å²) in [6, 6.07) is 5.24. The third kappa shape index (κ3) is 3.93. The molecule has 0 radical (unpaired) electrons. The minimum absolute atomic E-state index is 0.0390. The average Bonchev–Trinajstić information content (AvgIpc) is 2.87. The number of thiazole rings is 1. The van der Waals surface area contributed by atoms with Crippen molar-refractivity contribution >= 4 is 40.3 Å². The highest BCUT2D eigenvalue weighted by molar-refractivity contribution is 7.17. The van der Waals surface area contributed by atoms with E-state index in [1.54, 1.807) is 0 Å². The van der Waals surface area contributed by atoms with E-state index in [1.807, 2.05) is 0 Å². The fourth-order valence-corrected chi connectivity index (χ4v) is 2.50. The molecule has 0 saturated heterocycles. The number of hydrogen-bond donors (Lipinski definition) is 4. The van der Waals surface area contributed by atoms with Gasteiger partial charge >= 0.3 is 11.9 Å². The molecule has 1 heterocycles. The number of rotatable bonds is 4. The van der Waals surface area contributed by atoms with Crippen LogP contribution >= 0.6 is 11.3 Å². The van der Waals surface area contributed by atoms with E-state index in [0.717, 1.165) is 11.3 Å². The number of guanidine groups is 1. The first kappa shape index (κ1) is 17.1. The summed E-state index contributed by atoms with van der Waals surface area (Å²) >= 11 is 0.829. The monoisotopic (exact) mass is 348 g/mol. The molecule has 1 aromatic heterocycles. The van der Waals surface area contributed by atoms with Gasteiger partial charge in [-0.15, -0.1) is 0 Å². The number of aromatic nitrogens is 1. The third-order valence-electron chi connectivity index (χ3n) is 2.83. The zero-order valence-electron chi connectivity index (χ0n) is 12.3. The topological polar surface area (TPSA) is 155 Å². The lowest BCUT2D eigenvalue weighted by molar-refractivity contribution is 0.0687. The Bertz CT molecular complexity index is 841. The van der Waals surface area contributed by atoms with E-state index in [2.05, 4.69) is 15.3 Å². The van der Waals surface area contributed by atoms with Gasteiger partial charge in [0.25, 0.3) is 5.91 Å². The van der Waals surface area contributed by atoms with E-state index >= 15 is 0 Å². The Balaban J connectivity index is 2.11. The minimum atomic E-state index is -1.12. The van der Waals surface area contributed by atoms with Crippen LogP contribution in [0.25, 0.3) is 0 Å². The molecule has 9 nitrogen and oxygen atoms in total. The molecule has 2 rings (SSSR count). The Morgan fingerprint density at radius 3 is 2.21 bits per heavy atom. The van der Waals surface area contributed by atoms with Crippen LogP contribution in [0.2, 0.25) is 0 Å². The number of carbonyl (C=O) groups is 3. The highest BCUT2D eigenvalue weighted by Gasteiger charge is 2.14. The lowest BCUT2D eigenvalue weighted by atomic mass is 10.1. The third-order valence-corrected chi connectivity index (χ3v) is 3.87. The van der Waals surface area contributed by atoms with Gasteiger partial charge < -0.3 is 15.9 Å². The molecule has 0 bridgehead atoms. The van der Waals surface area contributed by atoms with Gasteiger partial charge in [-0.1, -0.05) is 11.3 Å². The number of aliphatic imine (C=N–C) groups is 1. The molecule has 0 spiro atoms. The van der Waals surface area contributed by atoms with Crippen LogP contribution in [0, 0.1) is 6.92 Å². The smallest absolute Gasteiger partial charge is 0.347 e. The highest BCUT2D eigenvalue weighted by Crippen LogP contribution is 2.24. The first-order chi connectivity index (χ1) is 11.3. The van der Waals surface area contributed by atoms with Gasteiger partial charge in [0.2, 0.25) is 11.1 Å². The van der Waals surface area contributed by atoms with Gasteiger partial charge in [-0.3, -0.25) is 10.1 Å². The van der Waals surface area contributed by atoms with Crippen LogP contribution in [0.3, 0.4) is 0 Å². The molecule has 0 aliphatic rings. The number of carboxylic acids is 2. The van der Waals surface area contributed by atoms with Crippen molar-refractivity contribution < 1.29 is 24.6 Å². The first-order valence-electron chi connectivity index (χ1n) is 6.47. The quantitative estimate of drug-likeness (QED) is 0.478. The van der Waals surface area contributed by atoms with Gasteiger partial charge in [-0.25, -0.2) is 14.6 Å². The summed E-state index contributed by atoms with van der Waals surface area (Å²) in [6.07, 6.45) is 0. The molecule has 0 fully saturated rings. The summed E-state index contributed by atoms with van der Waals surface area (Å²) in [5, 5.41) is 20.2. The number of carbonyl (C=O) groups excluding carboxylic acids is 1.